The van der Waals surface area contributed by atoms with Crippen LogP contribution in [0.5, 0.6) is 11.6 Å². The molecule has 0 saturated carbocycles. The number of hydrogen-bond acceptors (Lipinski definition) is 5. The first-order valence-corrected chi connectivity index (χ1v) is 8.54. The second-order valence-corrected chi connectivity index (χ2v) is 7.09. The monoisotopic (exact) mass is 324 g/mol. The largest absolute Gasteiger partial charge is 0.438 e. The van der Waals surface area contributed by atoms with Gasteiger partial charge in [0.15, 0.2) is 0 Å². The normalized spacial score (nSPS) is 17.0. The molecule has 0 radical (unpaired) electrons. The van der Waals surface area contributed by atoms with E-state index in [1.807, 2.05) is 12.1 Å². The van der Waals surface area contributed by atoms with Crippen LogP contribution in [-0.4, -0.2) is 16.3 Å². The van der Waals surface area contributed by atoms with E-state index in [4.69, 9.17) is 4.74 Å². The molecule has 23 heavy (non-hydrogen) atoms. The Morgan fingerprint density at radius 3 is 3.13 bits per heavy atom. The summed E-state index contributed by atoms with van der Waals surface area (Å²) in [7, 11) is 0. The maximum Gasteiger partial charge on any atom is 0.231 e. The zero-order valence-corrected chi connectivity index (χ0v) is 13.6. The van der Waals surface area contributed by atoms with Gasteiger partial charge in [-0.2, -0.15) is 0 Å². The highest BCUT2D eigenvalue weighted by Crippen LogP contribution is 2.41. The second kappa shape index (κ2) is 5.74. The Bertz CT molecular complexity index is 888. The molecule has 1 aliphatic rings. The topological polar surface area (TPSA) is 52.1 Å². The van der Waals surface area contributed by atoms with Gasteiger partial charge in [-0.3, -0.25) is 4.79 Å². The van der Waals surface area contributed by atoms with E-state index in [1.165, 1.54) is 16.9 Å². The van der Waals surface area contributed by atoms with Gasteiger partial charge in [0.2, 0.25) is 5.88 Å². The molecule has 4 nitrogen and oxygen atoms in total. The number of benzene rings is 1. The standard InChI is InChI=1S/C18H16N2O2S/c1-11-5-6-14-15(7-11)23-18-16(14)17(19-10-20-18)22-13-4-2-3-12(8-13)9-21/h2-4,8-11H,5-7H2,1H3/t11-/m1/s1. The maximum absolute atomic E-state index is 10.9. The first-order chi connectivity index (χ1) is 11.2. The third-order valence-corrected chi connectivity index (χ3v) is 5.43. The fourth-order valence-electron chi connectivity index (χ4n) is 3.09. The minimum absolute atomic E-state index is 0.588. The minimum Gasteiger partial charge on any atom is -0.438 e. The minimum atomic E-state index is 0.588. The lowest BCUT2D eigenvalue weighted by Gasteiger charge is -2.18. The first kappa shape index (κ1) is 14.3. The van der Waals surface area contributed by atoms with Gasteiger partial charge in [0.05, 0.1) is 5.39 Å². The number of fused-ring (bicyclic) bond motifs is 3. The van der Waals surface area contributed by atoms with E-state index in [2.05, 4.69) is 16.9 Å². The molecular formula is C18H16N2O2S. The van der Waals surface area contributed by atoms with Crippen LogP contribution in [0.15, 0.2) is 30.6 Å². The van der Waals surface area contributed by atoms with E-state index < -0.39 is 0 Å². The Morgan fingerprint density at radius 2 is 2.26 bits per heavy atom. The van der Waals surface area contributed by atoms with Crippen LogP contribution in [0.3, 0.4) is 0 Å². The summed E-state index contributed by atoms with van der Waals surface area (Å²) in [5.41, 5.74) is 1.93. The van der Waals surface area contributed by atoms with E-state index >= 15 is 0 Å². The number of aldehydes is 1. The molecule has 0 amide bonds. The van der Waals surface area contributed by atoms with Crippen molar-refractivity contribution in [2.75, 3.05) is 0 Å². The SMILES string of the molecule is C[C@@H]1CCc2c(sc3ncnc(Oc4cccc(C=O)c4)c23)C1. The Morgan fingerprint density at radius 1 is 1.35 bits per heavy atom. The molecule has 3 aromatic rings. The van der Waals surface area contributed by atoms with Crippen molar-refractivity contribution in [1.29, 1.82) is 0 Å². The molecule has 1 atom stereocenters. The smallest absolute Gasteiger partial charge is 0.231 e. The third-order valence-electron chi connectivity index (χ3n) is 4.27. The fourth-order valence-corrected chi connectivity index (χ4v) is 4.43. The van der Waals surface area contributed by atoms with Crippen molar-refractivity contribution >= 4 is 27.8 Å². The molecule has 2 aromatic heterocycles. The number of aromatic nitrogens is 2. The summed E-state index contributed by atoms with van der Waals surface area (Å²) < 4.78 is 5.98. The van der Waals surface area contributed by atoms with Crippen LogP contribution >= 0.6 is 11.3 Å². The predicted octanol–water partition coefficient (Wildman–Crippen LogP) is 4.42. The van der Waals surface area contributed by atoms with Gasteiger partial charge in [0, 0.05) is 10.4 Å². The molecule has 1 aromatic carbocycles. The average molecular weight is 324 g/mol. The molecule has 2 heterocycles. The van der Waals surface area contributed by atoms with Gasteiger partial charge < -0.3 is 4.74 Å². The van der Waals surface area contributed by atoms with E-state index in [-0.39, 0.29) is 0 Å². The number of aryl methyl sites for hydroxylation is 1. The van der Waals surface area contributed by atoms with Crippen molar-refractivity contribution in [3.63, 3.8) is 0 Å². The molecular weight excluding hydrogens is 308 g/mol. The number of thiophene rings is 1. The summed E-state index contributed by atoms with van der Waals surface area (Å²) in [5.74, 6) is 1.93. The number of carbonyl (C=O) groups is 1. The summed E-state index contributed by atoms with van der Waals surface area (Å²) in [6.07, 6.45) is 5.71. The summed E-state index contributed by atoms with van der Waals surface area (Å²) in [6.45, 7) is 2.29. The molecule has 0 bridgehead atoms. The van der Waals surface area contributed by atoms with Crippen molar-refractivity contribution < 1.29 is 9.53 Å². The number of rotatable bonds is 3. The van der Waals surface area contributed by atoms with Crippen LogP contribution in [0.4, 0.5) is 0 Å². The lowest BCUT2D eigenvalue weighted by Crippen LogP contribution is -2.08. The van der Waals surface area contributed by atoms with Gasteiger partial charge in [-0.25, -0.2) is 9.97 Å². The van der Waals surface area contributed by atoms with Crippen molar-refractivity contribution in [1.82, 2.24) is 9.97 Å². The number of ether oxygens (including phenoxy) is 1. The molecule has 0 aliphatic heterocycles. The molecule has 0 unspecified atom stereocenters. The van der Waals surface area contributed by atoms with Crippen molar-refractivity contribution in [3.8, 4) is 11.6 Å². The zero-order valence-electron chi connectivity index (χ0n) is 12.8. The molecule has 0 saturated heterocycles. The fraction of sp³-hybridized carbons (Fsp3) is 0.278. The van der Waals surface area contributed by atoms with E-state index in [0.717, 1.165) is 35.3 Å². The molecule has 0 N–H and O–H groups in total. The third kappa shape index (κ3) is 2.61. The molecule has 0 fully saturated rings. The highest BCUT2D eigenvalue weighted by atomic mass is 32.1. The summed E-state index contributed by atoms with van der Waals surface area (Å²) in [5, 5.41) is 1.04. The summed E-state index contributed by atoms with van der Waals surface area (Å²) in [4.78, 5) is 22.1. The molecule has 116 valence electrons. The van der Waals surface area contributed by atoms with Crippen molar-refractivity contribution in [2.24, 2.45) is 5.92 Å². The Balaban J connectivity index is 1.79. The van der Waals surface area contributed by atoms with Gasteiger partial charge in [-0.1, -0.05) is 19.1 Å². The Hall–Kier alpha value is -2.27. The highest BCUT2D eigenvalue weighted by molar-refractivity contribution is 7.18. The molecule has 5 heteroatoms. The highest BCUT2D eigenvalue weighted by Gasteiger charge is 2.23. The predicted molar refractivity (Wildman–Crippen MR) is 90.5 cm³/mol. The number of carbonyl (C=O) groups excluding carboxylic acids is 1. The summed E-state index contributed by atoms with van der Waals surface area (Å²) in [6, 6.07) is 7.12. The van der Waals surface area contributed by atoms with Gasteiger partial charge in [-0.15, -0.1) is 11.3 Å². The van der Waals surface area contributed by atoms with E-state index in [1.54, 1.807) is 29.8 Å². The molecule has 1 aliphatic carbocycles. The number of nitrogens with zero attached hydrogens (tertiary/aromatic N) is 2. The Labute approximate surface area is 138 Å². The number of hydrogen-bond donors (Lipinski definition) is 0. The van der Waals surface area contributed by atoms with Gasteiger partial charge in [-0.05, 0) is 42.9 Å². The van der Waals surface area contributed by atoms with Crippen LogP contribution in [0.25, 0.3) is 10.2 Å². The van der Waals surface area contributed by atoms with Gasteiger partial charge >= 0.3 is 0 Å². The lowest BCUT2D eigenvalue weighted by atomic mass is 9.89. The van der Waals surface area contributed by atoms with Crippen LogP contribution in [-0.2, 0) is 12.8 Å². The summed E-state index contributed by atoms with van der Waals surface area (Å²) >= 11 is 1.75. The molecule has 0 spiro atoms. The van der Waals surface area contributed by atoms with Crippen LogP contribution in [0.2, 0.25) is 0 Å². The van der Waals surface area contributed by atoms with Crippen LogP contribution in [0.1, 0.15) is 34.1 Å². The van der Waals surface area contributed by atoms with Gasteiger partial charge in [0.1, 0.15) is 23.2 Å². The van der Waals surface area contributed by atoms with E-state index in [0.29, 0.717) is 17.2 Å². The van der Waals surface area contributed by atoms with Crippen molar-refractivity contribution in [3.05, 3.63) is 46.6 Å². The zero-order chi connectivity index (χ0) is 15.8. The van der Waals surface area contributed by atoms with Crippen LogP contribution in [0, 0.1) is 5.92 Å². The maximum atomic E-state index is 10.9. The first-order valence-electron chi connectivity index (χ1n) is 7.73. The van der Waals surface area contributed by atoms with Gasteiger partial charge in [0.25, 0.3) is 0 Å². The van der Waals surface area contributed by atoms with Crippen LogP contribution < -0.4 is 4.74 Å². The quantitative estimate of drug-likeness (QED) is 0.669. The van der Waals surface area contributed by atoms with Crippen molar-refractivity contribution in [2.45, 2.75) is 26.2 Å². The Kier molecular flexibility index (Phi) is 3.58. The molecule has 4 rings (SSSR count). The van der Waals surface area contributed by atoms with E-state index in [9.17, 15) is 4.79 Å². The lowest BCUT2D eigenvalue weighted by molar-refractivity contribution is 0.112. The second-order valence-electron chi connectivity index (χ2n) is 6.00. The average Bonchev–Trinajstić information content (AvgIpc) is 2.93.